The van der Waals surface area contributed by atoms with Crippen LogP contribution >= 0.6 is 11.6 Å². The average Bonchev–Trinajstić information content (AvgIpc) is 2.28. The van der Waals surface area contributed by atoms with Gasteiger partial charge in [-0.25, -0.2) is 0 Å². The van der Waals surface area contributed by atoms with Gasteiger partial charge in [0.25, 0.3) is 0 Å². The van der Waals surface area contributed by atoms with Crippen molar-refractivity contribution in [3.05, 3.63) is 28.8 Å². The zero-order chi connectivity index (χ0) is 13.0. The van der Waals surface area contributed by atoms with Crippen LogP contribution in [-0.2, 0) is 4.79 Å². The lowest BCUT2D eigenvalue weighted by Gasteiger charge is -2.19. The number of hydrogen-bond donors (Lipinski definition) is 1. The molecule has 1 amide bonds. The Morgan fingerprint density at radius 3 is 2.65 bits per heavy atom. The molecule has 1 atom stereocenters. The molecule has 0 fully saturated rings. The van der Waals surface area contributed by atoms with E-state index in [1.165, 1.54) is 4.90 Å². The fourth-order valence-corrected chi connectivity index (χ4v) is 1.62. The van der Waals surface area contributed by atoms with Gasteiger partial charge in [0, 0.05) is 19.8 Å². The first-order valence-electron chi connectivity index (χ1n) is 5.13. The maximum atomic E-state index is 11.6. The van der Waals surface area contributed by atoms with Gasteiger partial charge in [0.15, 0.2) is 0 Å². The van der Waals surface area contributed by atoms with Crippen LogP contribution in [0.25, 0.3) is 0 Å². The van der Waals surface area contributed by atoms with Crippen molar-refractivity contribution in [2.45, 2.75) is 13.0 Å². The number of rotatable bonds is 3. The van der Waals surface area contributed by atoms with E-state index >= 15 is 0 Å². The lowest BCUT2D eigenvalue weighted by Crippen LogP contribution is -2.36. The van der Waals surface area contributed by atoms with Crippen molar-refractivity contribution in [1.82, 2.24) is 4.90 Å². The van der Waals surface area contributed by atoms with Crippen LogP contribution in [0.4, 0.5) is 5.69 Å². The Morgan fingerprint density at radius 2 is 2.18 bits per heavy atom. The first-order valence-corrected chi connectivity index (χ1v) is 5.51. The fraction of sp³-hybridized carbons (Fsp3) is 0.333. The number of nitrogens with one attached hydrogen (secondary N) is 1. The molecule has 0 saturated heterocycles. The van der Waals surface area contributed by atoms with Gasteiger partial charge in [-0.15, -0.1) is 0 Å². The highest BCUT2D eigenvalue weighted by atomic mass is 35.5. The molecular weight excluding hydrogens is 238 g/mol. The highest BCUT2D eigenvalue weighted by Gasteiger charge is 2.14. The van der Waals surface area contributed by atoms with E-state index in [1.54, 1.807) is 39.2 Å². The molecule has 0 heterocycles. The van der Waals surface area contributed by atoms with Crippen molar-refractivity contribution in [1.29, 1.82) is 5.26 Å². The third kappa shape index (κ3) is 3.36. The molecule has 4 nitrogen and oxygen atoms in total. The Bertz CT molecular complexity index is 465. The summed E-state index contributed by atoms with van der Waals surface area (Å²) in [6.45, 7) is 1.77. The molecule has 1 aromatic rings. The zero-order valence-electron chi connectivity index (χ0n) is 9.99. The van der Waals surface area contributed by atoms with Crippen LogP contribution in [-0.4, -0.2) is 30.9 Å². The molecule has 17 heavy (non-hydrogen) atoms. The number of anilines is 1. The van der Waals surface area contributed by atoms with Gasteiger partial charge in [0.2, 0.25) is 5.91 Å². The van der Waals surface area contributed by atoms with E-state index in [0.29, 0.717) is 10.6 Å². The summed E-state index contributed by atoms with van der Waals surface area (Å²) in [6, 6.07) is 6.63. The Kier molecular flexibility index (Phi) is 4.36. The summed E-state index contributed by atoms with van der Waals surface area (Å²) in [4.78, 5) is 13.2. The van der Waals surface area contributed by atoms with Gasteiger partial charge in [-0.1, -0.05) is 11.6 Å². The SMILES string of the molecule is C[C@H](Nc1ccc(C#N)c(Cl)c1)C(=O)N(C)C. The van der Waals surface area contributed by atoms with Crippen LogP contribution in [0.1, 0.15) is 12.5 Å². The molecule has 0 aliphatic heterocycles. The third-order valence-electron chi connectivity index (χ3n) is 2.28. The summed E-state index contributed by atoms with van der Waals surface area (Å²) in [6.07, 6.45) is 0. The monoisotopic (exact) mass is 251 g/mol. The summed E-state index contributed by atoms with van der Waals surface area (Å²) in [5.74, 6) is -0.0227. The highest BCUT2D eigenvalue weighted by molar-refractivity contribution is 6.32. The van der Waals surface area contributed by atoms with E-state index in [1.807, 2.05) is 6.07 Å². The number of nitrogens with zero attached hydrogens (tertiary/aromatic N) is 2. The number of halogens is 1. The minimum absolute atomic E-state index is 0.0227. The number of carbonyl (C=O) groups is 1. The fourth-order valence-electron chi connectivity index (χ4n) is 1.39. The standard InChI is InChI=1S/C12H14ClN3O/c1-8(12(17)16(2)3)15-10-5-4-9(7-14)11(13)6-10/h4-6,8,15H,1-3H3/t8-/m0/s1. The molecule has 5 heteroatoms. The summed E-state index contributed by atoms with van der Waals surface area (Å²) >= 11 is 5.90. The van der Waals surface area contributed by atoms with E-state index in [4.69, 9.17) is 16.9 Å². The molecule has 0 aromatic heterocycles. The molecule has 1 rings (SSSR count). The van der Waals surface area contributed by atoms with Crippen LogP contribution in [0, 0.1) is 11.3 Å². The van der Waals surface area contributed by atoms with Crippen LogP contribution in [0.2, 0.25) is 5.02 Å². The minimum atomic E-state index is -0.339. The molecule has 0 aliphatic carbocycles. The van der Waals surface area contributed by atoms with Gasteiger partial charge in [-0.2, -0.15) is 5.26 Å². The molecule has 0 bridgehead atoms. The number of hydrogen-bond acceptors (Lipinski definition) is 3. The smallest absolute Gasteiger partial charge is 0.244 e. The first kappa shape index (κ1) is 13.3. The predicted octanol–water partition coefficient (Wildman–Crippen LogP) is 2.10. The molecule has 0 saturated carbocycles. The highest BCUT2D eigenvalue weighted by Crippen LogP contribution is 2.20. The minimum Gasteiger partial charge on any atom is -0.374 e. The summed E-state index contributed by atoms with van der Waals surface area (Å²) < 4.78 is 0. The van der Waals surface area contributed by atoms with Crippen LogP contribution in [0.5, 0.6) is 0 Å². The Labute approximate surface area is 106 Å². The van der Waals surface area contributed by atoms with Crippen molar-refractivity contribution in [2.24, 2.45) is 0 Å². The first-order chi connectivity index (χ1) is 7.95. The maximum absolute atomic E-state index is 11.6. The van der Waals surface area contributed by atoms with Crippen molar-refractivity contribution < 1.29 is 4.79 Å². The average molecular weight is 252 g/mol. The quantitative estimate of drug-likeness (QED) is 0.895. The Hall–Kier alpha value is -1.73. The van der Waals surface area contributed by atoms with Gasteiger partial charge in [-0.05, 0) is 25.1 Å². The summed E-state index contributed by atoms with van der Waals surface area (Å²) in [7, 11) is 3.40. The van der Waals surface area contributed by atoms with Crippen molar-refractivity contribution in [2.75, 3.05) is 19.4 Å². The Balaban J connectivity index is 2.80. The molecular formula is C12H14ClN3O. The third-order valence-corrected chi connectivity index (χ3v) is 2.60. The van der Waals surface area contributed by atoms with Gasteiger partial charge < -0.3 is 10.2 Å². The number of likely N-dealkylation sites (N-methyl/N-ethyl adjacent to an activating group) is 1. The maximum Gasteiger partial charge on any atom is 0.244 e. The van der Waals surface area contributed by atoms with Gasteiger partial charge in [0.1, 0.15) is 12.1 Å². The number of benzene rings is 1. The number of nitriles is 1. The lowest BCUT2D eigenvalue weighted by atomic mass is 10.2. The summed E-state index contributed by atoms with van der Waals surface area (Å²) in [5, 5.41) is 12.1. The molecule has 0 radical (unpaired) electrons. The van der Waals surface area contributed by atoms with Crippen LogP contribution < -0.4 is 5.32 Å². The van der Waals surface area contributed by atoms with Crippen LogP contribution in [0.3, 0.4) is 0 Å². The van der Waals surface area contributed by atoms with Crippen molar-refractivity contribution in [3.8, 4) is 6.07 Å². The normalized spacial score (nSPS) is 11.5. The summed E-state index contributed by atoms with van der Waals surface area (Å²) in [5.41, 5.74) is 1.14. The molecule has 0 spiro atoms. The van der Waals surface area contributed by atoms with Crippen molar-refractivity contribution in [3.63, 3.8) is 0 Å². The second-order valence-electron chi connectivity index (χ2n) is 3.91. The van der Waals surface area contributed by atoms with E-state index in [0.717, 1.165) is 5.69 Å². The van der Waals surface area contributed by atoms with E-state index in [9.17, 15) is 4.79 Å². The molecule has 90 valence electrons. The predicted molar refractivity (Wildman–Crippen MR) is 67.9 cm³/mol. The second kappa shape index (κ2) is 5.55. The second-order valence-corrected chi connectivity index (χ2v) is 4.31. The molecule has 0 aliphatic rings. The Morgan fingerprint density at radius 1 is 1.53 bits per heavy atom. The van der Waals surface area contributed by atoms with E-state index < -0.39 is 0 Å². The van der Waals surface area contributed by atoms with Crippen LogP contribution in [0.15, 0.2) is 18.2 Å². The zero-order valence-corrected chi connectivity index (χ0v) is 10.7. The van der Waals surface area contributed by atoms with Crippen molar-refractivity contribution >= 4 is 23.2 Å². The molecule has 1 aromatic carbocycles. The van der Waals surface area contributed by atoms with E-state index in [2.05, 4.69) is 5.32 Å². The molecule has 1 N–H and O–H groups in total. The largest absolute Gasteiger partial charge is 0.374 e. The van der Waals surface area contributed by atoms with Gasteiger partial charge in [0.05, 0.1) is 10.6 Å². The van der Waals surface area contributed by atoms with E-state index in [-0.39, 0.29) is 11.9 Å². The topological polar surface area (TPSA) is 56.1 Å². The number of carbonyl (C=O) groups excluding carboxylic acids is 1. The van der Waals surface area contributed by atoms with Gasteiger partial charge in [-0.3, -0.25) is 4.79 Å². The number of amides is 1. The molecule has 0 unspecified atom stereocenters. The van der Waals surface area contributed by atoms with Gasteiger partial charge >= 0.3 is 0 Å². The lowest BCUT2D eigenvalue weighted by molar-refractivity contribution is -0.129.